The minimum absolute atomic E-state index is 0.168. The molecule has 2 rings (SSSR count). The minimum atomic E-state index is -0.979. The van der Waals surface area contributed by atoms with Crippen LogP contribution >= 0.6 is 0 Å². The maximum atomic E-state index is 12.2. The highest BCUT2D eigenvalue weighted by Crippen LogP contribution is 2.21. The summed E-state index contributed by atoms with van der Waals surface area (Å²) in [5, 5.41) is 11.8. The maximum absolute atomic E-state index is 12.2. The normalized spacial score (nSPS) is 15.5. The molecule has 1 aromatic rings. The molecule has 0 spiro atoms. The Morgan fingerprint density at radius 3 is 2.68 bits per heavy atom. The highest BCUT2D eigenvalue weighted by molar-refractivity contribution is 6.12. The van der Waals surface area contributed by atoms with E-state index in [0.29, 0.717) is 29.8 Å². The van der Waals surface area contributed by atoms with Gasteiger partial charge in [-0.15, -0.1) is 0 Å². The van der Waals surface area contributed by atoms with Crippen molar-refractivity contribution in [1.82, 2.24) is 10.2 Å². The number of carboxylic acids is 1. The number of carbonyl (C=O) groups excluding carboxylic acids is 1. The van der Waals surface area contributed by atoms with Crippen LogP contribution in [0.5, 0.6) is 5.75 Å². The molecule has 0 atom stereocenters. The van der Waals surface area contributed by atoms with Crippen molar-refractivity contribution in [3.05, 3.63) is 90.7 Å². The van der Waals surface area contributed by atoms with E-state index in [0.717, 1.165) is 25.9 Å². The number of ether oxygens (including phenoxy) is 1. The molecule has 1 heterocycles. The lowest BCUT2D eigenvalue weighted by atomic mass is 9.98. The molecule has 9 nitrogen and oxygen atoms in total. The highest BCUT2D eigenvalue weighted by Gasteiger charge is 2.20. The minimum Gasteiger partial charge on any atom is -0.493 e. The number of amides is 1. The number of aliphatic imine (C=N–C) groups is 1. The molecule has 9 heteroatoms. The third-order valence-corrected chi connectivity index (χ3v) is 5.15. The number of aromatic carboxylic acids is 1. The summed E-state index contributed by atoms with van der Waals surface area (Å²) in [7, 11) is 0. The summed E-state index contributed by atoms with van der Waals surface area (Å²) in [4.78, 5) is 29.1. The maximum Gasteiger partial charge on any atom is 0.335 e. The smallest absolute Gasteiger partial charge is 0.335 e. The van der Waals surface area contributed by atoms with Crippen molar-refractivity contribution in [2.75, 3.05) is 19.7 Å². The van der Waals surface area contributed by atoms with E-state index < -0.39 is 11.9 Å². The van der Waals surface area contributed by atoms with Gasteiger partial charge in [0.15, 0.2) is 0 Å². The second-order valence-corrected chi connectivity index (χ2v) is 7.59. The molecule has 1 fully saturated rings. The Hall–Kier alpha value is -4.27. The van der Waals surface area contributed by atoms with Gasteiger partial charge in [-0.3, -0.25) is 9.79 Å². The monoisotopic (exact) mass is 465 g/mol. The number of rotatable bonds is 11. The van der Waals surface area contributed by atoms with Gasteiger partial charge in [0.05, 0.1) is 23.6 Å². The van der Waals surface area contributed by atoms with E-state index in [2.05, 4.69) is 28.4 Å². The largest absolute Gasteiger partial charge is 0.493 e. The predicted molar refractivity (Wildman–Crippen MR) is 133 cm³/mol. The fraction of sp³-hybridized carbons (Fsp3) is 0.240. The number of nitrogens with two attached hydrogens (primary N) is 2. The summed E-state index contributed by atoms with van der Waals surface area (Å²) in [5.41, 5.74) is 12.3. The first kappa shape index (κ1) is 26.0. The molecule has 6 N–H and O–H groups in total. The zero-order valence-electron chi connectivity index (χ0n) is 19.0. The number of piperidine rings is 1. The van der Waals surface area contributed by atoms with Crippen LogP contribution in [-0.4, -0.2) is 47.8 Å². The van der Waals surface area contributed by atoms with E-state index in [1.54, 1.807) is 24.3 Å². The summed E-state index contributed by atoms with van der Waals surface area (Å²) in [6.45, 7) is 9.40. The molecule has 0 aromatic heterocycles. The van der Waals surface area contributed by atoms with Crippen molar-refractivity contribution in [2.45, 2.75) is 12.8 Å². The van der Waals surface area contributed by atoms with Crippen LogP contribution in [0.4, 0.5) is 0 Å². The molecular weight excluding hydrogens is 434 g/mol. The van der Waals surface area contributed by atoms with Crippen LogP contribution in [0.1, 0.15) is 23.2 Å². The van der Waals surface area contributed by atoms with Crippen LogP contribution in [0.15, 0.2) is 90.1 Å². The molecule has 0 aliphatic carbocycles. The van der Waals surface area contributed by atoms with Crippen LogP contribution in [0.3, 0.4) is 0 Å². The molecule has 1 aromatic carbocycles. The molecule has 180 valence electrons. The van der Waals surface area contributed by atoms with Gasteiger partial charge in [0.1, 0.15) is 5.75 Å². The Balaban J connectivity index is 1.85. The topological polar surface area (TPSA) is 143 Å². The first-order chi connectivity index (χ1) is 16.3. The van der Waals surface area contributed by atoms with Gasteiger partial charge in [0, 0.05) is 37.4 Å². The molecule has 1 aliphatic heterocycles. The summed E-state index contributed by atoms with van der Waals surface area (Å²) in [6, 6.07) is 6.48. The molecule has 1 aliphatic rings. The fourth-order valence-electron chi connectivity index (χ4n) is 3.18. The van der Waals surface area contributed by atoms with E-state index in [9.17, 15) is 9.59 Å². The standard InChI is InChI=1S/C25H31N5O4/c1-3-21(29-24(31)18(2)16-28-12-11-26)7-8-23(27)30-13-9-19(10-14-30)17-34-22-6-4-5-20(15-22)25(32)33/h3-8,11-12,15-16,19H,1-2,9-10,13-14,17,26-27H2,(H,29,31)(H,32,33)/b12-11-,21-7+,23-8+,28-16?. The van der Waals surface area contributed by atoms with Crippen molar-refractivity contribution in [2.24, 2.45) is 22.4 Å². The van der Waals surface area contributed by atoms with E-state index in [4.69, 9.17) is 21.3 Å². The van der Waals surface area contributed by atoms with Crippen molar-refractivity contribution in [3.8, 4) is 5.75 Å². The van der Waals surface area contributed by atoms with Crippen molar-refractivity contribution < 1.29 is 19.4 Å². The lowest BCUT2D eigenvalue weighted by Gasteiger charge is -2.33. The summed E-state index contributed by atoms with van der Waals surface area (Å²) in [6.07, 6.45) is 10.6. The molecule has 1 amide bonds. The number of hydrogen-bond donors (Lipinski definition) is 4. The Kier molecular flexibility index (Phi) is 10.2. The lowest BCUT2D eigenvalue weighted by molar-refractivity contribution is -0.116. The van der Waals surface area contributed by atoms with Crippen LogP contribution in [0, 0.1) is 5.92 Å². The quantitative estimate of drug-likeness (QED) is 0.223. The van der Waals surface area contributed by atoms with Crippen LogP contribution < -0.4 is 21.5 Å². The van der Waals surface area contributed by atoms with Gasteiger partial charge in [-0.05, 0) is 55.2 Å². The Bertz CT molecular complexity index is 1020. The highest BCUT2D eigenvalue weighted by atomic mass is 16.5. The molecule has 0 radical (unpaired) electrons. The predicted octanol–water partition coefficient (Wildman–Crippen LogP) is 2.52. The number of benzene rings is 1. The number of allylic oxidation sites excluding steroid dienone is 3. The second kappa shape index (κ2) is 13.3. The molecule has 0 bridgehead atoms. The zero-order chi connectivity index (χ0) is 24.9. The Morgan fingerprint density at radius 2 is 2.03 bits per heavy atom. The van der Waals surface area contributed by atoms with Gasteiger partial charge in [0.2, 0.25) is 0 Å². The zero-order valence-corrected chi connectivity index (χ0v) is 19.0. The molecule has 34 heavy (non-hydrogen) atoms. The van der Waals surface area contributed by atoms with Crippen LogP contribution in [-0.2, 0) is 4.79 Å². The summed E-state index contributed by atoms with van der Waals surface area (Å²) in [5.74, 6) is 0.0825. The number of likely N-dealkylation sites (tertiary alicyclic amines) is 1. The molecule has 1 saturated heterocycles. The Morgan fingerprint density at radius 1 is 1.29 bits per heavy atom. The van der Waals surface area contributed by atoms with Crippen molar-refractivity contribution in [1.29, 1.82) is 0 Å². The lowest BCUT2D eigenvalue weighted by Crippen LogP contribution is -2.37. The average Bonchev–Trinajstić information content (AvgIpc) is 2.85. The number of carbonyl (C=O) groups is 2. The summed E-state index contributed by atoms with van der Waals surface area (Å²) >= 11 is 0. The van der Waals surface area contributed by atoms with Crippen LogP contribution in [0.2, 0.25) is 0 Å². The third kappa shape index (κ3) is 8.34. The van der Waals surface area contributed by atoms with Crippen molar-refractivity contribution >= 4 is 18.1 Å². The first-order valence-electron chi connectivity index (χ1n) is 10.7. The first-order valence-corrected chi connectivity index (χ1v) is 10.7. The summed E-state index contributed by atoms with van der Waals surface area (Å²) < 4.78 is 5.80. The van der Waals surface area contributed by atoms with Gasteiger partial charge in [-0.1, -0.05) is 19.2 Å². The van der Waals surface area contributed by atoms with Crippen molar-refractivity contribution in [3.63, 3.8) is 0 Å². The fourth-order valence-corrected chi connectivity index (χ4v) is 3.18. The number of nitrogens with zero attached hydrogens (tertiary/aromatic N) is 2. The average molecular weight is 466 g/mol. The second-order valence-electron chi connectivity index (χ2n) is 7.59. The SMILES string of the molecule is C=C/C(=C\C=C(/N)N1CCC(COc2cccc(C(=O)O)c2)CC1)NC(=O)C(=C)C=N/C=C\N. The van der Waals surface area contributed by atoms with Gasteiger partial charge < -0.3 is 31.5 Å². The number of nitrogens with one attached hydrogen (secondary N) is 1. The van der Waals surface area contributed by atoms with E-state index in [1.807, 2.05) is 0 Å². The van der Waals surface area contributed by atoms with Gasteiger partial charge in [-0.25, -0.2) is 4.79 Å². The Labute approximate surface area is 199 Å². The number of carboxylic acid groups (broad SMARTS) is 1. The van der Waals surface area contributed by atoms with Gasteiger partial charge in [0.25, 0.3) is 5.91 Å². The molecule has 0 saturated carbocycles. The van der Waals surface area contributed by atoms with E-state index in [-0.39, 0.29) is 11.1 Å². The third-order valence-electron chi connectivity index (χ3n) is 5.15. The number of hydrogen-bond acceptors (Lipinski definition) is 7. The van der Waals surface area contributed by atoms with Gasteiger partial charge >= 0.3 is 5.97 Å². The van der Waals surface area contributed by atoms with Gasteiger partial charge in [-0.2, -0.15) is 0 Å². The van der Waals surface area contributed by atoms with Crippen LogP contribution in [0.25, 0.3) is 0 Å². The molecule has 0 unspecified atom stereocenters. The van der Waals surface area contributed by atoms with E-state index >= 15 is 0 Å². The molecular formula is C25H31N5O4. The van der Waals surface area contributed by atoms with E-state index in [1.165, 1.54) is 36.8 Å².